The van der Waals surface area contributed by atoms with Gasteiger partial charge in [0.2, 0.25) is 5.88 Å². The standard InChI is InChI=1S/C10H10F2INO3/c1-3-17-10(15)5-4-6(16-2)14-8(7(5)13)9(11)12/h4,9H,3H2,1-2H3. The van der Waals surface area contributed by atoms with E-state index in [4.69, 9.17) is 9.47 Å². The Balaban J connectivity index is 3.28. The maximum atomic E-state index is 12.7. The number of carbonyl (C=O) groups is 1. The van der Waals surface area contributed by atoms with Gasteiger partial charge in [-0.1, -0.05) is 0 Å². The van der Waals surface area contributed by atoms with Crippen molar-refractivity contribution in [3.8, 4) is 5.88 Å². The first-order valence-electron chi connectivity index (χ1n) is 4.71. The minimum Gasteiger partial charge on any atom is -0.481 e. The molecule has 1 heterocycles. The van der Waals surface area contributed by atoms with Gasteiger partial charge in [-0.2, -0.15) is 0 Å². The van der Waals surface area contributed by atoms with Gasteiger partial charge in [0.15, 0.2) is 0 Å². The van der Waals surface area contributed by atoms with Gasteiger partial charge in [-0.3, -0.25) is 0 Å². The second-order valence-corrected chi connectivity index (χ2v) is 4.01. The summed E-state index contributed by atoms with van der Waals surface area (Å²) in [5, 5.41) is 0. The lowest BCUT2D eigenvalue weighted by Crippen LogP contribution is -2.11. The van der Waals surface area contributed by atoms with Gasteiger partial charge in [0.25, 0.3) is 6.43 Å². The third-order valence-corrected chi connectivity index (χ3v) is 3.00. The van der Waals surface area contributed by atoms with Gasteiger partial charge in [0.1, 0.15) is 5.69 Å². The van der Waals surface area contributed by atoms with Crippen LogP contribution < -0.4 is 4.74 Å². The molecule has 0 fully saturated rings. The summed E-state index contributed by atoms with van der Waals surface area (Å²) in [6.07, 6.45) is -2.77. The lowest BCUT2D eigenvalue weighted by molar-refractivity contribution is 0.0523. The summed E-state index contributed by atoms with van der Waals surface area (Å²) in [6, 6.07) is 1.28. The molecule has 0 atom stereocenters. The third kappa shape index (κ3) is 3.24. The second kappa shape index (κ2) is 6.08. The maximum absolute atomic E-state index is 12.7. The Morgan fingerprint density at radius 3 is 2.71 bits per heavy atom. The molecule has 0 amide bonds. The van der Waals surface area contributed by atoms with Gasteiger partial charge in [-0.05, 0) is 29.5 Å². The smallest absolute Gasteiger partial charge is 0.339 e. The van der Waals surface area contributed by atoms with Crippen LogP contribution in [0.3, 0.4) is 0 Å². The number of carbonyl (C=O) groups excluding carboxylic acids is 1. The highest BCUT2D eigenvalue weighted by atomic mass is 127. The highest BCUT2D eigenvalue weighted by molar-refractivity contribution is 14.1. The topological polar surface area (TPSA) is 48.4 Å². The fraction of sp³-hybridized carbons (Fsp3) is 0.400. The fourth-order valence-corrected chi connectivity index (χ4v) is 1.86. The van der Waals surface area contributed by atoms with Gasteiger partial charge < -0.3 is 9.47 Å². The van der Waals surface area contributed by atoms with Crippen molar-refractivity contribution in [3.05, 3.63) is 20.9 Å². The monoisotopic (exact) mass is 357 g/mol. The van der Waals surface area contributed by atoms with Gasteiger partial charge >= 0.3 is 5.97 Å². The molecule has 0 radical (unpaired) electrons. The molecule has 0 N–H and O–H groups in total. The Morgan fingerprint density at radius 1 is 1.59 bits per heavy atom. The van der Waals surface area contributed by atoms with Crippen molar-refractivity contribution in [2.24, 2.45) is 0 Å². The highest BCUT2D eigenvalue weighted by Crippen LogP contribution is 2.28. The number of rotatable bonds is 4. The van der Waals surface area contributed by atoms with Gasteiger partial charge in [-0.15, -0.1) is 0 Å². The Hall–Kier alpha value is -0.990. The average Bonchev–Trinajstić information content (AvgIpc) is 2.29. The predicted molar refractivity (Wildman–Crippen MR) is 64.4 cm³/mol. The number of nitrogens with zero attached hydrogens (tertiary/aromatic N) is 1. The van der Waals surface area contributed by atoms with Crippen molar-refractivity contribution in [2.45, 2.75) is 13.3 Å². The van der Waals surface area contributed by atoms with Gasteiger partial charge in [0, 0.05) is 6.07 Å². The normalized spacial score (nSPS) is 10.5. The van der Waals surface area contributed by atoms with Crippen LogP contribution in [-0.4, -0.2) is 24.7 Å². The highest BCUT2D eigenvalue weighted by Gasteiger charge is 2.22. The minimum absolute atomic E-state index is 0.0367. The molecule has 17 heavy (non-hydrogen) atoms. The van der Waals surface area contributed by atoms with E-state index in [0.29, 0.717) is 0 Å². The molecule has 0 saturated heterocycles. The molecule has 1 aromatic rings. The largest absolute Gasteiger partial charge is 0.481 e. The molecule has 7 heteroatoms. The van der Waals surface area contributed by atoms with Crippen LogP contribution in [0.4, 0.5) is 8.78 Å². The van der Waals surface area contributed by atoms with E-state index in [1.54, 1.807) is 29.5 Å². The molecule has 0 saturated carbocycles. The zero-order valence-corrected chi connectivity index (χ0v) is 11.3. The van der Waals surface area contributed by atoms with Crippen LogP contribution in [0, 0.1) is 3.57 Å². The number of esters is 1. The van der Waals surface area contributed by atoms with Crippen molar-refractivity contribution in [1.29, 1.82) is 0 Å². The molecule has 0 unspecified atom stereocenters. The first kappa shape index (κ1) is 14.1. The molecular weight excluding hydrogens is 347 g/mol. The van der Waals surface area contributed by atoms with Crippen molar-refractivity contribution >= 4 is 28.6 Å². The second-order valence-electron chi connectivity index (χ2n) is 2.93. The number of ether oxygens (including phenoxy) is 2. The summed E-state index contributed by atoms with van der Waals surface area (Å²) >= 11 is 1.65. The van der Waals surface area contributed by atoms with Crippen molar-refractivity contribution in [2.75, 3.05) is 13.7 Å². The average molecular weight is 357 g/mol. The van der Waals surface area contributed by atoms with E-state index in [-0.39, 0.29) is 21.6 Å². The molecule has 1 rings (SSSR count). The summed E-state index contributed by atoms with van der Waals surface area (Å²) < 4.78 is 35.0. The van der Waals surface area contributed by atoms with Crippen LogP contribution in [0.25, 0.3) is 0 Å². The summed E-state index contributed by atoms with van der Waals surface area (Å²) in [5.41, 5.74) is -0.442. The van der Waals surface area contributed by atoms with E-state index in [2.05, 4.69) is 4.98 Å². The Kier molecular flexibility index (Phi) is 5.03. The lowest BCUT2D eigenvalue weighted by atomic mass is 10.2. The number of alkyl halides is 2. The van der Waals surface area contributed by atoms with Crippen LogP contribution in [-0.2, 0) is 4.74 Å². The molecule has 0 bridgehead atoms. The number of pyridine rings is 1. The molecule has 0 aromatic carbocycles. The molecule has 0 spiro atoms. The van der Waals surface area contributed by atoms with Crippen LogP contribution >= 0.6 is 22.6 Å². The molecule has 0 aliphatic heterocycles. The van der Waals surface area contributed by atoms with Gasteiger partial charge in [-0.25, -0.2) is 18.6 Å². The molecule has 94 valence electrons. The number of aromatic nitrogens is 1. The summed E-state index contributed by atoms with van der Waals surface area (Å²) in [4.78, 5) is 15.2. The molecule has 1 aromatic heterocycles. The van der Waals surface area contributed by atoms with E-state index in [0.717, 1.165) is 0 Å². The number of halogens is 3. The Morgan fingerprint density at radius 2 is 2.24 bits per heavy atom. The summed E-state index contributed by atoms with van der Waals surface area (Å²) in [7, 11) is 1.29. The Labute approximate surface area is 110 Å². The van der Waals surface area contributed by atoms with E-state index in [1.165, 1.54) is 13.2 Å². The van der Waals surface area contributed by atoms with Crippen molar-refractivity contribution < 1.29 is 23.0 Å². The zero-order chi connectivity index (χ0) is 13.0. The predicted octanol–water partition coefficient (Wildman–Crippen LogP) is 2.81. The van der Waals surface area contributed by atoms with Crippen LogP contribution in [0.2, 0.25) is 0 Å². The minimum atomic E-state index is -2.77. The molecular formula is C10H10F2INO3. The number of hydrogen-bond acceptors (Lipinski definition) is 4. The maximum Gasteiger partial charge on any atom is 0.339 e. The Bertz CT molecular complexity index is 426. The van der Waals surface area contributed by atoms with Crippen molar-refractivity contribution in [3.63, 3.8) is 0 Å². The fourth-order valence-electron chi connectivity index (χ4n) is 1.13. The van der Waals surface area contributed by atoms with Crippen LogP contribution in [0.15, 0.2) is 6.07 Å². The summed E-state index contributed by atoms with van der Waals surface area (Å²) in [6.45, 7) is 1.81. The summed E-state index contributed by atoms with van der Waals surface area (Å²) in [5.74, 6) is -0.705. The molecule has 0 aliphatic carbocycles. The van der Waals surface area contributed by atoms with E-state index >= 15 is 0 Å². The molecule has 0 aliphatic rings. The third-order valence-electron chi connectivity index (χ3n) is 1.87. The quantitative estimate of drug-likeness (QED) is 0.614. The first-order valence-corrected chi connectivity index (χ1v) is 5.78. The van der Waals surface area contributed by atoms with Crippen molar-refractivity contribution in [1.82, 2.24) is 4.98 Å². The first-order chi connectivity index (χ1) is 8.01. The van der Waals surface area contributed by atoms with Crippen LogP contribution in [0.5, 0.6) is 5.88 Å². The van der Waals surface area contributed by atoms with E-state index < -0.39 is 18.1 Å². The SMILES string of the molecule is CCOC(=O)c1cc(OC)nc(C(F)F)c1I. The lowest BCUT2D eigenvalue weighted by Gasteiger charge is -2.10. The number of hydrogen-bond donors (Lipinski definition) is 0. The van der Waals surface area contributed by atoms with Gasteiger partial charge in [0.05, 0.1) is 22.9 Å². The zero-order valence-electron chi connectivity index (χ0n) is 9.17. The number of methoxy groups -OCH3 is 1. The van der Waals surface area contributed by atoms with E-state index in [9.17, 15) is 13.6 Å². The van der Waals surface area contributed by atoms with E-state index in [1.807, 2.05) is 0 Å². The van der Waals surface area contributed by atoms with Crippen LogP contribution in [0.1, 0.15) is 29.4 Å². The molecule has 4 nitrogen and oxygen atoms in total.